The molecule has 0 aromatic heterocycles. The SMILES string of the molecule is CCC(C(=O)OC)c1c2ccccc2cc2ccccc12. The summed E-state index contributed by atoms with van der Waals surface area (Å²) in [6.45, 7) is 2.03. The van der Waals surface area contributed by atoms with Crippen molar-refractivity contribution in [1.82, 2.24) is 0 Å². The number of fused-ring (bicyclic) bond motifs is 2. The highest BCUT2D eigenvalue weighted by molar-refractivity contribution is 6.05. The molecule has 3 aromatic carbocycles. The molecular weight excluding hydrogens is 260 g/mol. The molecule has 1 unspecified atom stereocenters. The smallest absolute Gasteiger partial charge is 0.313 e. The minimum atomic E-state index is -0.231. The van der Waals surface area contributed by atoms with Crippen LogP contribution in [0.1, 0.15) is 24.8 Å². The molecule has 3 aromatic rings. The number of esters is 1. The summed E-state index contributed by atoms with van der Waals surface area (Å²) in [5.74, 6) is -0.398. The largest absolute Gasteiger partial charge is 0.469 e. The van der Waals surface area contributed by atoms with Crippen molar-refractivity contribution in [3.05, 3.63) is 60.2 Å². The number of rotatable bonds is 3. The van der Waals surface area contributed by atoms with Crippen LogP contribution in [0.25, 0.3) is 21.5 Å². The molecule has 0 aliphatic rings. The van der Waals surface area contributed by atoms with Crippen molar-refractivity contribution < 1.29 is 9.53 Å². The highest BCUT2D eigenvalue weighted by Gasteiger charge is 2.23. The Morgan fingerprint density at radius 2 is 1.52 bits per heavy atom. The number of benzene rings is 3. The molecule has 0 radical (unpaired) electrons. The van der Waals surface area contributed by atoms with E-state index in [-0.39, 0.29) is 11.9 Å². The second-order valence-electron chi connectivity index (χ2n) is 5.22. The van der Waals surface area contributed by atoms with Gasteiger partial charge in [0.25, 0.3) is 0 Å². The van der Waals surface area contributed by atoms with E-state index in [1.165, 1.54) is 7.11 Å². The van der Waals surface area contributed by atoms with Gasteiger partial charge in [0.15, 0.2) is 0 Å². The molecule has 0 aliphatic carbocycles. The highest BCUT2D eigenvalue weighted by atomic mass is 16.5. The lowest BCUT2D eigenvalue weighted by Gasteiger charge is -2.18. The van der Waals surface area contributed by atoms with Gasteiger partial charge in [0.1, 0.15) is 0 Å². The van der Waals surface area contributed by atoms with Crippen molar-refractivity contribution in [3.63, 3.8) is 0 Å². The fraction of sp³-hybridized carbons (Fsp3) is 0.211. The Kier molecular flexibility index (Phi) is 3.61. The number of carbonyl (C=O) groups excluding carboxylic acids is 1. The van der Waals surface area contributed by atoms with Crippen LogP contribution in [0.2, 0.25) is 0 Å². The molecule has 0 spiro atoms. The number of ether oxygens (including phenoxy) is 1. The Hall–Kier alpha value is -2.35. The van der Waals surface area contributed by atoms with Crippen LogP contribution in [0.15, 0.2) is 54.6 Å². The molecule has 0 fully saturated rings. The van der Waals surface area contributed by atoms with Gasteiger partial charge in [0, 0.05) is 0 Å². The summed E-state index contributed by atoms with van der Waals surface area (Å²) in [5.41, 5.74) is 1.08. The maximum atomic E-state index is 12.2. The summed E-state index contributed by atoms with van der Waals surface area (Å²) < 4.78 is 5.02. The van der Waals surface area contributed by atoms with Crippen molar-refractivity contribution >= 4 is 27.5 Å². The third-order valence-electron chi connectivity index (χ3n) is 4.06. The van der Waals surface area contributed by atoms with Gasteiger partial charge in [-0.25, -0.2) is 0 Å². The molecule has 0 N–H and O–H groups in total. The fourth-order valence-corrected chi connectivity index (χ4v) is 3.06. The quantitative estimate of drug-likeness (QED) is 0.514. The van der Waals surface area contributed by atoms with Gasteiger partial charge in [-0.2, -0.15) is 0 Å². The van der Waals surface area contributed by atoms with Crippen LogP contribution in [0.5, 0.6) is 0 Å². The molecule has 0 bridgehead atoms. The van der Waals surface area contributed by atoms with E-state index in [1.807, 2.05) is 31.2 Å². The summed E-state index contributed by atoms with van der Waals surface area (Å²) in [7, 11) is 1.46. The van der Waals surface area contributed by atoms with Crippen LogP contribution >= 0.6 is 0 Å². The normalized spacial score (nSPS) is 12.5. The van der Waals surface area contributed by atoms with E-state index in [9.17, 15) is 4.79 Å². The van der Waals surface area contributed by atoms with Crippen molar-refractivity contribution in [2.24, 2.45) is 0 Å². The number of carbonyl (C=O) groups is 1. The molecule has 0 saturated heterocycles. The summed E-state index contributed by atoms with van der Waals surface area (Å²) >= 11 is 0. The minimum absolute atomic E-state index is 0.168. The van der Waals surface area contributed by atoms with Crippen LogP contribution in [0.4, 0.5) is 0 Å². The van der Waals surface area contributed by atoms with Crippen molar-refractivity contribution in [2.45, 2.75) is 19.3 Å². The van der Waals surface area contributed by atoms with Crippen LogP contribution in [0, 0.1) is 0 Å². The van der Waals surface area contributed by atoms with Gasteiger partial charge in [-0.1, -0.05) is 55.5 Å². The molecule has 106 valence electrons. The predicted molar refractivity (Wildman–Crippen MR) is 86.5 cm³/mol. The molecule has 0 aliphatic heterocycles. The lowest BCUT2D eigenvalue weighted by Crippen LogP contribution is -2.14. The first-order chi connectivity index (χ1) is 10.3. The zero-order valence-electron chi connectivity index (χ0n) is 12.3. The first-order valence-corrected chi connectivity index (χ1v) is 7.24. The summed E-state index contributed by atoms with van der Waals surface area (Å²) in [6, 6.07) is 18.6. The molecule has 2 nitrogen and oxygen atoms in total. The number of methoxy groups -OCH3 is 1. The molecule has 0 amide bonds. The second-order valence-corrected chi connectivity index (χ2v) is 5.22. The van der Waals surface area contributed by atoms with E-state index in [0.29, 0.717) is 0 Å². The summed E-state index contributed by atoms with van der Waals surface area (Å²) in [4.78, 5) is 12.2. The Morgan fingerprint density at radius 1 is 1.00 bits per heavy atom. The standard InChI is InChI=1S/C19H18O2/c1-3-15(19(20)21-2)18-16-10-6-4-8-13(16)12-14-9-5-7-11-17(14)18/h4-12,15H,3H2,1-2H3. The number of hydrogen-bond donors (Lipinski definition) is 0. The van der Waals surface area contributed by atoms with Crippen LogP contribution < -0.4 is 0 Å². The Bertz CT molecular complexity index is 751. The molecular formula is C19H18O2. The molecule has 0 saturated carbocycles. The maximum Gasteiger partial charge on any atom is 0.313 e. The Balaban J connectivity index is 2.42. The summed E-state index contributed by atoms with van der Waals surface area (Å²) in [6.07, 6.45) is 0.727. The molecule has 0 heterocycles. The third kappa shape index (κ3) is 2.27. The van der Waals surface area contributed by atoms with Crippen molar-refractivity contribution in [1.29, 1.82) is 0 Å². The molecule has 2 heteroatoms. The second kappa shape index (κ2) is 5.57. The monoisotopic (exact) mass is 278 g/mol. The van der Waals surface area contributed by atoms with E-state index in [4.69, 9.17) is 4.74 Å². The van der Waals surface area contributed by atoms with E-state index in [2.05, 4.69) is 30.3 Å². The van der Waals surface area contributed by atoms with Gasteiger partial charge in [0.2, 0.25) is 0 Å². The van der Waals surface area contributed by atoms with Crippen LogP contribution in [0.3, 0.4) is 0 Å². The van der Waals surface area contributed by atoms with Gasteiger partial charge in [-0.15, -0.1) is 0 Å². The van der Waals surface area contributed by atoms with E-state index < -0.39 is 0 Å². The van der Waals surface area contributed by atoms with E-state index in [0.717, 1.165) is 33.5 Å². The molecule has 1 atom stereocenters. The molecule has 21 heavy (non-hydrogen) atoms. The average molecular weight is 278 g/mol. The molecule has 3 rings (SSSR count). The average Bonchev–Trinajstić information content (AvgIpc) is 2.54. The van der Waals surface area contributed by atoms with Crippen molar-refractivity contribution in [2.75, 3.05) is 7.11 Å². The van der Waals surface area contributed by atoms with Gasteiger partial charge in [-0.3, -0.25) is 4.79 Å². The van der Waals surface area contributed by atoms with Crippen LogP contribution in [-0.4, -0.2) is 13.1 Å². The van der Waals surface area contributed by atoms with Gasteiger partial charge in [-0.05, 0) is 39.6 Å². The van der Waals surface area contributed by atoms with E-state index >= 15 is 0 Å². The number of hydrogen-bond acceptors (Lipinski definition) is 2. The summed E-state index contributed by atoms with van der Waals surface area (Å²) in [5, 5.41) is 4.59. The topological polar surface area (TPSA) is 26.3 Å². The van der Waals surface area contributed by atoms with Gasteiger partial charge < -0.3 is 4.74 Å². The minimum Gasteiger partial charge on any atom is -0.469 e. The third-order valence-corrected chi connectivity index (χ3v) is 4.06. The lowest BCUT2D eigenvalue weighted by atomic mass is 9.87. The van der Waals surface area contributed by atoms with E-state index in [1.54, 1.807) is 0 Å². The van der Waals surface area contributed by atoms with Crippen LogP contribution in [-0.2, 0) is 9.53 Å². The maximum absolute atomic E-state index is 12.2. The zero-order valence-corrected chi connectivity index (χ0v) is 12.3. The predicted octanol–water partition coefficient (Wildman–Crippen LogP) is 4.66. The Morgan fingerprint density at radius 3 is 2.00 bits per heavy atom. The van der Waals surface area contributed by atoms with Crippen molar-refractivity contribution in [3.8, 4) is 0 Å². The Labute approximate surface area is 124 Å². The first-order valence-electron chi connectivity index (χ1n) is 7.24. The fourth-order valence-electron chi connectivity index (χ4n) is 3.06. The van der Waals surface area contributed by atoms with Gasteiger partial charge >= 0.3 is 5.97 Å². The zero-order chi connectivity index (χ0) is 14.8. The highest BCUT2D eigenvalue weighted by Crippen LogP contribution is 2.35. The van der Waals surface area contributed by atoms with Gasteiger partial charge in [0.05, 0.1) is 13.0 Å². The first kappa shape index (κ1) is 13.6. The lowest BCUT2D eigenvalue weighted by molar-refractivity contribution is -0.142.